The van der Waals surface area contributed by atoms with Crippen molar-refractivity contribution in [1.29, 1.82) is 0 Å². The summed E-state index contributed by atoms with van der Waals surface area (Å²) in [5, 5.41) is 7.90. The first-order chi connectivity index (χ1) is 9.51. The molecule has 0 spiro atoms. The maximum Gasteiger partial charge on any atom is 0.339 e. The molecule has 0 radical (unpaired) electrons. The molecular formula is C15H15ClO4. The quantitative estimate of drug-likeness (QED) is 0.867. The van der Waals surface area contributed by atoms with E-state index in [4.69, 9.17) is 21.1 Å². The molecule has 1 atom stereocenters. The fourth-order valence-corrected chi connectivity index (χ4v) is 2.55. The molecule has 0 fully saturated rings. The number of carbonyl (C=O) groups is 1. The van der Waals surface area contributed by atoms with Gasteiger partial charge in [0.1, 0.15) is 11.3 Å². The normalized spacial score (nSPS) is 22.4. The summed E-state index contributed by atoms with van der Waals surface area (Å²) in [7, 11) is 2.80. The van der Waals surface area contributed by atoms with Crippen molar-refractivity contribution >= 4 is 23.1 Å². The molecule has 0 bridgehead atoms. The number of carboxylic acid groups (broad SMARTS) is 1. The Morgan fingerprint density at radius 2 is 1.95 bits per heavy atom. The molecule has 0 heterocycles. The first-order valence-corrected chi connectivity index (χ1v) is 6.41. The number of rotatable bonds is 4. The minimum Gasteiger partial charge on any atom is -0.496 e. The summed E-state index contributed by atoms with van der Waals surface area (Å²) in [6, 6.07) is 9.58. The van der Waals surface area contributed by atoms with E-state index >= 15 is 0 Å². The molecule has 1 aliphatic carbocycles. The van der Waals surface area contributed by atoms with Gasteiger partial charge in [-0.3, -0.25) is 0 Å². The number of allylic oxidation sites excluding steroid dienone is 1. The Morgan fingerprint density at radius 1 is 1.30 bits per heavy atom. The molecule has 1 aromatic carbocycles. The Bertz CT molecular complexity index is 577. The summed E-state index contributed by atoms with van der Waals surface area (Å²) in [6.07, 6.45) is 1.95. The summed E-state index contributed by atoms with van der Waals surface area (Å²) < 4.78 is 10.4. The fraction of sp³-hybridized carbons (Fsp3) is 0.267. The molecule has 5 heteroatoms. The minimum absolute atomic E-state index is 0.0798. The largest absolute Gasteiger partial charge is 0.496 e. The first-order valence-electron chi connectivity index (χ1n) is 6.04. The minimum atomic E-state index is -1.43. The standard InChI is InChI=1S/C15H15ClO4/c1-19-12-8-11(10-6-4-3-5-7-10)9-15(16,20-2)13(12)14(17)18/h3-8H,9H2,1-2H3,(H,17,18). The van der Waals surface area contributed by atoms with Crippen LogP contribution >= 0.6 is 11.6 Å². The van der Waals surface area contributed by atoms with E-state index in [1.165, 1.54) is 14.2 Å². The molecule has 106 valence electrons. The zero-order valence-corrected chi connectivity index (χ0v) is 12.0. The average Bonchev–Trinajstić information content (AvgIpc) is 2.46. The van der Waals surface area contributed by atoms with Crippen LogP contribution < -0.4 is 0 Å². The van der Waals surface area contributed by atoms with Gasteiger partial charge in [-0.2, -0.15) is 0 Å². The summed E-state index contributed by atoms with van der Waals surface area (Å²) >= 11 is 6.36. The van der Waals surface area contributed by atoms with Crippen LogP contribution in [-0.4, -0.2) is 30.4 Å². The summed E-state index contributed by atoms with van der Waals surface area (Å²) in [4.78, 5) is 11.4. The first kappa shape index (κ1) is 14.6. The second-order valence-electron chi connectivity index (χ2n) is 4.39. The highest BCUT2D eigenvalue weighted by atomic mass is 35.5. The maximum absolute atomic E-state index is 11.4. The van der Waals surface area contributed by atoms with Crippen molar-refractivity contribution in [3.05, 3.63) is 53.3 Å². The smallest absolute Gasteiger partial charge is 0.339 e. The highest BCUT2D eigenvalue weighted by molar-refractivity contribution is 6.28. The Morgan fingerprint density at radius 3 is 2.45 bits per heavy atom. The summed E-state index contributed by atoms with van der Waals surface area (Å²) in [5.41, 5.74) is 1.74. The van der Waals surface area contributed by atoms with Gasteiger partial charge in [0, 0.05) is 13.5 Å². The number of carboxylic acids is 1. The van der Waals surface area contributed by atoms with Crippen molar-refractivity contribution in [2.24, 2.45) is 0 Å². The van der Waals surface area contributed by atoms with Gasteiger partial charge in [0.15, 0.2) is 5.06 Å². The Hall–Kier alpha value is -1.78. The van der Waals surface area contributed by atoms with E-state index in [0.717, 1.165) is 11.1 Å². The number of benzene rings is 1. The number of alkyl halides is 1. The molecule has 0 aromatic heterocycles. The van der Waals surface area contributed by atoms with Gasteiger partial charge in [0.25, 0.3) is 0 Å². The van der Waals surface area contributed by atoms with Crippen LogP contribution in [0.1, 0.15) is 12.0 Å². The van der Waals surface area contributed by atoms with Crippen LogP contribution in [0.3, 0.4) is 0 Å². The second kappa shape index (κ2) is 5.69. The Balaban J connectivity index is 2.57. The second-order valence-corrected chi connectivity index (χ2v) is 5.00. The molecule has 0 saturated carbocycles. The zero-order valence-electron chi connectivity index (χ0n) is 11.2. The number of hydrogen-bond donors (Lipinski definition) is 1. The average molecular weight is 295 g/mol. The van der Waals surface area contributed by atoms with Crippen molar-refractivity contribution in [1.82, 2.24) is 0 Å². The molecule has 1 aliphatic rings. The third-order valence-electron chi connectivity index (χ3n) is 3.24. The van der Waals surface area contributed by atoms with Gasteiger partial charge in [0.2, 0.25) is 0 Å². The molecule has 4 nitrogen and oxygen atoms in total. The summed E-state index contributed by atoms with van der Waals surface area (Å²) in [5.74, 6) is -0.943. The lowest BCUT2D eigenvalue weighted by molar-refractivity contribution is -0.134. The lowest BCUT2D eigenvalue weighted by atomic mass is 9.89. The Labute approximate surface area is 122 Å². The molecule has 1 unspecified atom stereocenters. The molecule has 0 aliphatic heterocycles. The van der Waals surface area contributed by atoms with Crippen molar-refractivity contribution in [3.8, 4) is 0 Å². The molecular weight excluding hydrogens is 280 g/mol. The van der Waals surface area contributed by atoms with Crippen molar-refractivity contribution in [2.45, 2.75) is 11.5 Å². The number of methoxy groups -OCH3 is 2. The van der Waals surface area contributed by atoms with Crippen molar-refractivity contribution < 1.29 is 19.4 Å². The van der Waals surface area contributed by atoms with Crippen LogP contribution in [-0.2, 0) is 14.3 Å². The highest BCUT2D eigenvalue weighted by Gasteiger charge is 2.43. The van der Waals surface area contributed by atoms with Crippen molar-refractivity contribution in [2.75, 3.05) is 14.2 Å². The van der Waals surface area contributed by atoms with E-state index in [-0.39, 0.29) is 17.8 Å². The fourth-order valence-electron chi connectivity index (χ4n) is 2.24. The van der Waals surface area contributed by atoms with Gasteiger partial charge in [0.05, 0.1) is 7.11 Å². The van der Waals surface area contributed by atoms with Gasteiger partial charge in [-0.1, -0.05) is 41.9 Å². The van der Waals surface area contributed by atoms with Crippen LogP contribution in [0.2, 0.25) is 0 Å². The third kappa shape index (κ3) is 2.57. The number of aliphatic carboxylic acids is 1. The van der Waals surface area contributed by atoms with E-state index in [2.05, 4.69) is 0 Å². The zero-order chi connectivity index (χ0) is 14.8. The monoisotopic (exact) mass is 294 g/mol. The molecule has 0 saturated heterocycles. The number of ether oxygens (including phenoxy) is 2. The third-order valence-corrected chi connectivity index (χ3v) is 3.72. The molecule has 20 heavy (non-hydrogen) atoms. The number of hydrogen-bond acceptors (Lipinski definition) is 3. The molecule has 1 N–H and O–H groups in total. The van der Waals surface area contributed by atoms with Crippen LogP contribution in [0, 0.1) is 0 Å². The molecule has 2 rings (SSSR count). The van der Waals surface area contributed by atoms with Gasteiger partial charge in [-0.05, 0) is 17.2 Å². The van der Waals surface area contributed by atoms with Gasteiger partial charge in [-0.15, -0.1) is 0 Å². The highest BCUT2D eigenvalue weighted by Crippen LogP contribution is 2.42. The summed E-state index contributed by atoms with van der Waals surface area (Å²) in [6.45, 7) is 0. The van der Waals surface area contributed by atoms with Crippen molar-refractivity contribution in [3.63, 3.8) is 0 Å². The van der Waals surface area contributed by atoms with E-state index in [1.54, 1.807) is 6.08 Å². The van der Waals surface area contributed by atoms with Crippen LogP contribution in [0.25, 0.3) is 5.57 Å². The SMILES string of the molecule is COC1=C(C(=O)O)C(Cl)(OC)CC(c2ccccc2)=C1. The van der Waals surface area contributed by atoms with Crippen LogP contribution in [0.5, 0.6) is 0 Å². The Kier molecular flexibility index (Phi) is 4.16. The maximum atomic E-state index is 11.4. The predicted molar refractivity (Wildman–Crippen MR) is 76.3 cm³/mol. The van der Waals surface area contributed by atoms with Crippen LogP contribution in [0.4, 0.5) is 0 Å². The van der Waals surface area contributed by atoms with Gasteiger partial charge >= 0.3 is 5.97 Å². The van der Waals surface area contributed by atoms with E-state index in [1.807, 2.05) is 30.3 Å². The van der Waals surface area contributed by atoms with Gasteiger partial charge in [-0.25, -0.2) is 4.79 Å². The van der Waals surface area contributed by atoms with Gasteiger partial charge < -0.3 is 14.6 Å². The lowest BCUT2D eigenvalue weighted by Crippen LogP contribution is -2.35. The van der Waals surface area contributed by atoms with Crippen LogP contribution in [0.15, 0.2) is 47.7 Å². The molecule has 1 aromatic rings. The molecule has 0 amide bonds. The topological polar surface area (TPSA) is 55.8 Å². The number of halogens is 1. The van der Waals surface area contributed by atoms with E-state index < -0.39 is 11.0 Å². The lowest BCUT2D eigenvalue weighted by Gasteiger charge is -2.32. The van der Waals surface area contributed by atoms with E-state index in [0.29, 0.717) is 0 Å². The van der Waals surface area contributed by atoms with E-state index in [9.17, 15) is 9.90 Å². The predicted octanol–water partition coefficient (Wildman–Crippen LogP) is 3.04.